The summed E-state index contributed by atoms with van der Waals surface area (Å²) in [6, 6.07) is 17.6. The van der Waals surface area contributed by atoms with Gasteiger partial charge in [0.05, 0.1) is 21.7 Å². The van der Waals surface area contributed by atoms with Gasteiger partial charge in [-0.1, -0.05) is 34.1 Å². The standard InChI is InChI=1S/C29H31BrN4O5S2/c1-2-40(36,37)34-12-10-20(11-13-34)27-18-32-28-25(27)15-22(16-26(28)29(31)35)21-5-3-4-19(14-21)17-33-41(38,39)24-8-6-23(30)7-9-24/h3-9,14-16,18,20,32-33H,2,10-13,17H2,1H3,(H2,31,35). The number of hydrogen-bond donors (Lipinski definition) is 3. The molecule has 41 heavy (non-hydrogen) atoms. The molecular weight excluding hydrogens is 628 g/mol. The molecule has 0 radical (unpaired) electrons. The molecule has 216 valence electrons. The average molecular weight is 660 g/mol. The third-order valence-electron chi connectivity index (χ3n) is 7.59. The molecule has 0 bridgehead atoms. The number of aromatic amines is 1. The smallest absolute Gasteiger partial charge is 0.250 e. The molecule has 12 heteroatoms. The van der Waals surface area contributed by atoms with Crippen molar-refractivity contribution in [1.29, 1.82) is 0 Å². The molecule has 2 heterocycles. The first kappa shape index (κ1) is 29.5. The van der Waals surface area contributed by atoms with Crippen LogP contribution in [0.5, 0.6) is 0 Å². The number of hydrogen-bond acceptors (Lipinski definition) is 5. The minimum atomic E-state index is -3.70. The topological polar surface area (TPSA) is 142 Å². The molecule has 5 rings (SSSR count). The number of amides is 1. The van der Waals surface area contributed by atoms with Crippen LogP contribution in [0, 0.1) is 0 Å². The van der Waals surface area contributed by atoms with E-state index in [-0.39, 0.29) is 23.1 Å². The predicted molar refractivity (Wildman–Crippen MR) is 163 cm³/mol. The van der Waals surface area contributed by atoms with Crippen molar-refractivity contribution in [2.45, 2.75) is 37.1 Å². The van der Waals surface area contributed by atoms with Gasteiger partial charge in [0.25, 0.3) is 5.91 Å². The van der Waals surface area contributed by atoms with E-state index in [0.29, 0.717) is 37.0 Å². The van der Waals surface area contributed by atoms with Crippen molar-refractivity contribution >= 4 is 52.8 Å². The maximum Gasteiger partial charge on any atom is 0.250 e. The number of benzene rings is 3. The fourth-order valence-corrected chi connectivity index (χ4v) is 7.73. The second-order valence-corrected chi connectivity index (χ2v) is 15.0. The molecule has 0 saturated carbocycles. The Hall–Kier alpha value is -3.03. The summed E-state index contributed by atoms with van der Waals surface area (Å²) < 4.78 is 55.2. The number of sulfonamides is 2. The maximum absolute atomic E-state index is 12.8. The molecule has 1 saturated heterocycles. The van der Waals surface area contributed by atoms with E-state index in [4.69, 9.17) is 5.73 Å². The summed E-state index contributed by atoms with van der Waals surface area (Å²) in [4.78, 5) is 15.8. The van der Waals surface area contributed by atoms with Crippen molar-refractivity contribution in [3.8, 4) is 11.1 Å². The Morgan fingerprint density at radius 1 is 1.02 bits per heavy atom. The number of piperidine rings is 1. The van der Waals surface area contributed by atoms with E-state index in [1.54, 1.807) is 29.4 Å². The number of nitrogens with one attached hydrogen (secondary N) is 2. The third kappa shape index (κ3) is 6.26. The van der Waals surface area contributed by atoms with Crippen molar-refractivity contribution in [3.63, 3.8) is 0 Å². The minimum absolute atomic E-state index is 0.0842. The summed E-state index contributed by atoms with van der Waals surface area (Å²) in [6.07, 6.45) is 3.25. The van der Waals surface area contributed by atoms with E-state index in [9.17, 15) is 21.6 Å². The molecule has 3 aromatic carbocycles. The lowest BCUT2D eigenvalue weighted by atomic mass is 9.88. The van der Waals surface area contributed by atoms with Crippen LogP contribution in [0.4, 0.5) is 0 Å². The van der Waals surface area contributed by atoms with Crippen LogP contribution < -0.4 is 10.5 Å². The van der Waals surface area contributed by atoms with Gasteiger partial charge in [-0.15, -0.1) is 0 Å². The number of nitrogens with zero attached hydrogens (tertiary/aromatic N) is 1. The zero-order valence-corrected chi connectivity index (χ0v) is 25.7. The first-order chi connectivity index (χ1) is 19.5. The van der Waals surface area contributed by atoms with E-state index in [2.05, 4.69) is 25.6 Å². The van der Waals surface area contributed by atoms with E-state index in [0.717, 1.165) is 32.1 Å². The van der Waals surface area contributed by atoms with Gasteiger partial charge < -0.3 is 10.7 Å². The van der Waals surface area contributed by atoms with Crippen LogP contribution in [0.1, 0.15) is 47.2 Å². The summed E-state index contributed by atoms with van der Waals surface area (Å²) in [5, 5.41) is 0.870. The first-order valence-corrected chi connectivity index (χ1v) is 17.1. The Balaban J connectivity index is 1.43. The summed E-state index contributed by atoms with van der Waals surface area (Å²) in [6.45, 7) is 2.65. The van der Waals surface area contributed by atoms with E-state index < -0.39 is 26.0 Å². The van der Waals surface area contributed by atoms with Gasteiger partial charge in [0.2, 0.25) is 20.0 Å². The second-order valence-electron chi connectivity index (χ2n) is 10.1. The minimum Gasteiger partial charge on any atom is -0.366 e. The quantitative estimate of drug-likeness (QED) is 0.239. The zero-order chi connectivity index (χ0) is 29.4. The SMILES string of the molecule is CCS(=O)(=O)N1CCC(c2c[nH]c3c(C(N)=O)cc(-c4cccc(CNS(=O)(=O)c5ccc(Br)cc5)c4)cc23)CC1. The molecule has 1 aromatic heterocycles. The Morgan fingerprint density at radius 2 is 1.73 bits per heavy atom. The number of carbonyl (C=O) groups is 1. The van der Waals surface area contributed by atoms with E-state index in [1.807, 2.05) is 36.5 Å². The number of rotatable bonds is 9. The number of nitrogens with two attached hydrogens (primary N) is 1. The van der Waals surface area contributed by atoms with E-state index >= 15 is 0 Å². The maximum atomic E-state index is 12.8. The molecular formula is C29H31BrN4O5S2. The van der Waals surface area contributed by atoms with Crippen molar-refractivity contribution < 1.29 is 21.6 Å². The Morgan fingerprint density at radius 3 is 2.39 bits per heavy atom. The molecule has 1 fully saturated rings. The fraction of sp³-hybridized carbons (Fsp3) is 0.276. The van der Waals surface area contributed by atoms with Crippen molar-refractivity contribution in [2.24, 2.45) is 5.73 Å². The van der Waals surface area contributed by atoms with Gasteiger partial charge in [-0.2, -0.15) is 0 Å². The molecule has 0 atom stereocenters. The van der Waals surface area contributed by atoms with Crippen LogP contribution in [0.2, 0.25) is 0 Å². The molecule has 0 spiro atoms. The number of halogens is 1. The molecule has 4 aromatic rings. The van der Waals surface area contributed by atoms with Gasteiger partial charge in [0.15, 0.2) is 0 Å². The predicted octanol–water partition coefficient (Wildman–Crippen LogP) is 4.70. The summed E-state index contributed by atoms with van der Waals surface area (Å²) >= 11 is 3.31. The number of aromatic nitrogens is 1. The molecule has 4 N–H and O–H groups in total. The lowest BCUT2D eigenvalue weighted by Crippen LogP contribution is -2.38. The Labute approximate surface area is 248 Å². The summed E-state index contributed by atoms with van der Waals surface area (Å²) in [5.41, 5.74) is 10.1. The molecule has 0 unspecified atom stereocenters. The monoisotopic (exact) mass is 658 g/mol. The molecule has 1 amide bonds. The summed E-state index contributed by atoms with van der Waals surface area (Å²) in [5.74, 6) is -0.351. The van der Waals surface area contributed by atoms with Crippen LogP contribution in [-0.2, 0) is 26.6 Å². The highest BCUT2D eigenvalue weighted by Gasteiger charge is 2.29. The average Bonchev–Trinajstić information content (AvgIpc) is 3.40. The zero-order valence-electron chi connectivity index (χ0n) is 22.4. The molecule has 1 aliphatic heterocycles. The Kier molecular flexibility index (Phi) is 8.40. The third-order valence-corrected chi connectivity index (χ3v) is 11.4. The highest BCUT2D eigenvalue weighted by Crippen LogP contribution is 2.37. The van der Waals surface area contributed by atoms with Crippen LogP contribution in [0.15, 0.2) is 76.2 Å². The van der Waals surface area contributed by atoms with E-state index in [1.165, 1.54) is 12.1 Å². The lowest BCUT2D eigenvalue weighted by Gasteiger charge is -2.31. The fourth-order valence-electron chi connectivity index (χ4n) is 5.32. The van der Waals surface area contributed by atoms with Gasteiger partial charge in [0, 0.05) is 35.7 Å². The normalized spacial score (nSPS) is 15.4. The van der Waals surface area contributed by atoms with Gasteiger partial charge in [0.1, 0.15) is 0 Å². The van der Waals surface area contributed by atoms with Gasteiger partial charge in [-0.3, -0.25) is 4.79 Å². The molecule has 0 aliphatic carbocycles. The molecule has 9 nitrogen and oxygen atoms in total. The lowest BCUT2D eigenvalue weighted by molar-refractivity contribution is 0.100. The van der Waals surface area contributed by atoms with Crippen LogP contribution in [-0.4, -0.2) is 50.9 Å². The second kappa shape index (κ2) is 11.7. The van der Waals surface area contributed by atoms with Gasteiger partial charge >= 0.3 is 0 Å². The van der Waals surface area contributed by atoms with Crippen LogP contribution in [0.3, 0.4) is 0 Å². The molecule has 1 aliphatic rings. The number of primary amides is 1. The summed E-state index contributed by atoms with van der Waals surface area (Å²) in [7, 11) is -6.94. The highest BCUT2D eigenvalue weighted by molar-refractivity contribution is 9.10. The number of carbonyl (C=O) groups excluding carboxylic acids is 1. The van der Waals surface area contributed by atoms with Gasteiger partial charge in [-0.25, -0.2) is 25.9 Å². The van der Waals surface area contributed by atoms with Crippen LogP contribution in [0.25, 0.3) is 22.0 Å². The van der Waals surface area contributed by atoms with Crippen molar-refractivity contribution in [2.75, 3.05) is 18.8 Å². The largest absolute Gasteiger partial charge is 0.366 e. The number of H-pyrrole nitrogens is 1. The Bertz CT molecular complexity index is 1810. The van der Waals surface area contributed by atoms with Crippen LogP contribution >= 0.6 is 15.9 Å². The van der Waals surface area contributed by atoms with Crippen molar-refractivity contribution in [3.05, 3.63) is 88.0 Å². The van der Waals surface area contributed by atoms with Gasteiger partial charge in [-0.05, 0) is 90.4 Å². The first-order valence-electron chi connectivity index (χ1n) is 13.3. The highest BCUT2D eigenvalue weighted by atomic mass is 79.9. The van der Waals surface area contributed by atoms with Crippen molar-refractivity contribution in [1.82, 2.24) is 14.0 Å². The number of fused-ring (bicyclic) bond motifs is 1.